The van der Waals surface area contributed by atoms with Crippen molar-refractivity contribution >= 4 is 11.6 Å². The standard InChI is InChI=1S/C26H30N4O5/c1-4-34-23-7-5-6-8-24(23)35-22-13-15-28(16-14-22)26(31)21-11-9-20(10-12-21)17-29-19(3)25(30(32)33)18(2)27-29/h5-12,22H,4,13-17H2,1-3H3. The molecule has 2 aromatic carbocycles. The molecule has 0 atom stereocenters. The molecule has 3 aromatic rings. The zero-order chi connectivity index (χ0) is 24.9. The second-order valence-electron chi connectivity index (χ2n) is 8.62. The first kappa shape index (κ1) is 24.3. The number of carbonyl (C=O) groups excluding carboxylic acids is 1. The minimum atomic E-state index is -0.401. The molecular formula is C26H30N4O5. The van der Waals surface area contributed by atoms with Crippen LogP contribution >= 0.6 is 0 Å². The number of nitro groups is 1. The first-order valence-electron chi connectivity index (χ1n) is 11.8. The number of ether oxygens (including phenoxy) is 2. The van der Waals surface area contributed by atoms with Crippen LogP contribution in [0.2, 0.25) is 0 Å². The van der Waals surface area contributed by atoms with E-state index in [0.717, 1.165) is 29.9 Å². The van der Waals surface area contributed by atoms with Crippen LogP contribution < -0.4 is 9.47 Å². The van der Waals surface area contributed by atoms with Crippen LogP contribution in [0.25, 0.3) is 0 Å². The Morgan fingerprint density at radius 2 is 1.74 bits per heavy atom. The van der Waals surface area contributed by atoms with Crippen molar-refractivity contribution in [3.05, 3.63) is 81.2 Å². The number of nitrogens with zero attached hydrogens (tertiary/aromatic N) is 4. The topological polar surface area (TPSA) is 99.7 Å². The fraction of sp³-hybridized carbons (Fsp3) is 0.385. The molecule has 1 aromatic heterocycles. The fourth-order valence-corrected chi connectivity index (χ4v) is 4.39. The lowest BCUT2D eigenvalue weighted by molar-refractivity contribution is -0.386. The van der Waals surface area contributed by atoms with Crippen LogP contribution in [0.1, 0.15) is 47.1 Å². The van der Waals surface area contributed by atoms with E-state index in [4.69, 9.17) is 9.47 Å². The number of likely N-dealkylation sites (tertiary alicyclic amines) is 1. The number of hydrogen-bond donors (Lipinski definition) is 0. The number of aryl methyl sites for hydroxylation is 1. The molecular weight excluding hydrogens is 448 g/mol. The molecule has 4 rings (SSSR count). The largest absolute Gasteiger partial charge is 0.490 e. The Labute approximate surface area is 204 Å². The second kappa shape index (κ2) is 10.6. The van der Waals surface area contributed by atoms with Crippen LogP contribution in [-0.4, -0.2) is 51.3 Å². The molecule has 1 amide bonds. The Kier molecular flexibility index (Phi) is 7.33. The van der Waals surface area contributed by atoms with Gasteiger partial charge in [0.1, 0.15) is 17.5 Å². The van der Waals surface area contributed by atoms with E-state index in [1.54, 1.807) is 30.7 Å². The highest BCUT2D eigenvalue weighted by molar-refractivity contribution is 5.94. The average molecular weight is 479 g/mol. The van der Waals surface area contributed by atoms with Gasteiger partial charge in [0, 0.05) is 31.5 Å². The van der Waals surface area contributed by atoms with Gasteiger partial charge in [0.2, 0.25) is 0 Å². The van der Waals surface area contributed by atoms with Crippen molar-refractivity contribution < 1.29 is 19.2 Å². The smallest absolute Gasteiger partial charge is 0.312 e. The molecule has 0 saturated carbocycles. The molecule has 1 aliphatic rings. The maximum Gasteiger partial charge on any atom is 0.312 e. The maximum absolute atomic E-state index is 13.0. The van der Waals surface area contributed by atoms with E-state index in [2.05, 4.69) is 5.10 Å². The first-order valence-corrected chi connectivity index (χ1v) is 11.8. The van der Waals surface area contributed by atoms with Gasteiger partial charge in [-0.1, -0.05) is 24.3 Å². The van der Waals surface area contributed by atoms with Gasteiger partial charge in [-0.05, 0) is 50.6 Å². The summed E-state index contributed by atoms with van der Waals surface area (Å²) < 4.78 is 13.4. The fourth-order valence-electron chi connectivity index (χ4n) is 4.39. The lowest BCUT2D eigenvalue weighted by atomic mass is 10.1. The molecule has 9 nitrogen and oxygen atoms in total. The lowest BCUT2D eigenvalue weighted by Gasteiger charge is -2.32. The quantitative estimate of drug-likeness (QED) is 0.348. The lowest BCUT2D eigenvalue weighted by Crippen LogP contribution is -2.41. The SMILES string of the molecule is CCOc1ccccc1OC1CCN(C(=O)c2ccc(Cn3nc(C)c([N+](=O)[O-])c3C)cc2)CC1. The maximum atomic E-state index is 13.0. The summed E-state index contributed by atoms with van der Waals surface area (Å²) >= 11 is 0. The van der Waals surface area contributed by atoms with E-state index < -0.39 is 4.92 Å². The number of para-hydroxylation sites is 2. The summed E-state index contributed by atoms with van der Waals surface area (Å²) in [5.74, 6) is 1.47. The zero-order valence-corrected chi connectivity index (χ0v) is 20.3. The Balaban J connectivity index is 1.34. The Bertz CT molecular complexity index is 1200. The summed E-state index contributed by atoms with van der Waals surface area (Å²) in [5, 5.41) is 15.5. The van der Waals surface area contributed by atoms with Crippen molar-refractivity contribution in [3.8, 4) is 11.5 Å². The molecule has 2 heterocycles. The monoisotopic (exact) mass is 478 g/mol. The van der Waals surface area contributed by atoms with Gasteiger partial charge in [0.05, 0.1) is 18.1 Å². The van der Waals surface area contributed by atoms with E-state index in [1.807, 2.05) is 48.2 Å². The Hall–Kier alpha value is -3.88. The Morgan fingerprint density at radius 3 is 2.34 bits per heavy atom. The van der Waals surface area contributed by atoms with Crippen molar-refractivity contribution in [1.29, 1.82) is 0 Å². The third kappa shape index (κ3) is 5.45. The van der Waals surface area contributed by atoms with Gasteiger partial charge >= 0.3 is 5.69 Å². The van der Waals surface area contributed by atoms with Gasteiger partial charge in [-0.15, -0.1) is 0 Å². The van der Waals surface area contributed by atoms with Crippen LogP contribution in [-0.2, 0) is 6.54 Å². The highest BCUT2D eigenvalue weighted by atomic mass is 16.6. The number of carbonyl (C=O) groups is 1. The highest BCUT2D eigenvalue weighted by Gasteiger charge is 2.26. The van der Waals surface area contributed by atoms with Gasteiger partial charge in [-0.2, -0.15) is 5.10 Å². The highest BCUT2D eigenvalue weighted by Crippen LogP contribution is 2.29. The summed E-state index contributed by atoms with van der Waals surface area (Å²) in [6.07, 6.45) is 1.54. The Morgan fingerprint density at radius 1 is 1.09 bits per heavy atom. The minimum Gasteiger partial charge on any atom is -0.490 e. The average Bonchev–Trinajstić information content (AvgIpc) is 3.13. The zero-order valence-electron chi connectivity index (χ0n) is 20.3. The van der Waals surface area contributed by atoms with Crippen molar-refractivity contribution in [2.45, 2.75) is 46.3 Å². The van der Waals surface area contributed by atoms with Crippen molar-refractivity contribution in [1.82, 2.24) is 14.7 Å². The minimum absolute atomic E-state index is 0.00790. The van der Waals surface area contributed by atoms with Crippen LogP contribution in [0.15, 0.2) is 48.5 Å². The van der Waals surface area contributed by atoms with Gasteiger partial charge in [0.15, 0.2) is 11.5 Å². The molecule has 1 fully saturated rings. The van der Waals surface area contributed by atoms with Gasteiger partial charge in [-0.3, -0.25) is 19.6 Å². The van der Waals surface area contributed by atoms with Crippen molar-refractivity contribution in [2.24, 2.45) is 0 Å². The molecule has 1 saturated heterocycles. The van der Waals surface area contributed by atoms with Crippen molar-refractivity contribution in [2.75, 3.05) is 19.7 Å². The first-order chi connectivity index (χ1) is 16.9. The third-order valence-electron chi connectivity index (χ3n) is 6.23. The molecule has 0 bridgehead atoms. The van der Waals surface area contributed by atoms with Crippen LogP contribution in [0.3, 0.4) is 0 Å². The third-order valence-corrected chi connectivity index (χ3v) is 6.23. The summed E-state index contributed by atoms with van der Waals surface area (Å²) in [7, 11) is 0. The molecule has 0 spiro atoms. The molecule has 0 N–H and O–H groups in total. The molecule has 1 aliphatic heterocycles. The van der Waals surface area contributed by atoms with Gasteiger partial charge < -0.3 is 14.4 Å². The van der Waals surface area contributed by atoms with Crippen molar-refractivity contribution in [3.63, 3.8) is 0 Å². The van der Waals surface area contributed by atoms with E-state index in [0.29, 0.717) is 43.2 Å². The van der Waals surface area contributed by atoms with E-state index in [-0.39, 0.29) is 17.7 Å². The van der Waals surface area contributed by atoms with E-state index >= 15 is 0 Å². The predicted molar refractivity (Wildman–Crippen MR) is 131 cm³/mol. The summed E-state index contributed by atoms with van der Waals surface area (Å²) in [4.78, 5) is 25.7. The number of amides is 1. The normalized spacial score (nSPS) is 14.1. The van der Waals surface area contributed by atoms with E-state index in [9.17, 15) is 14.9 Å². The summed E-state index contributed by atoms with van der Waals surface area (Å²) in [6, 6.07) is 15.0. The summed E-state index contributed by atoms with van der Waals surface area (Å²) in [6.45, 7) is 7.50. The van der Waals surface area contributed by atoms with Gasteiger partial charge in [-0.25, -0.2) is 0 Å². The number of hydrogen-bond acceptors (Lipinski definition) is 6. The molecule has 0 unspecified atom stereocenters. The molecule has 184 valence electrons. The molecule has 0 radical (unpaired) electrons. The van der Waals surface area contributed by atoms with E-state index in [1.165, 1.54) is 0 Å². The molecule has 35 heavy (non-hydrogen) atoms. The number of piperidine rings is 1. The van der Waals surface area contributed by atoms with Crippen LogP contribution in [0.5, 0.6) is 11.5 Å². The van der Waals surface area contributed by atoms with Gasteiger partial charge in [0.25, 0.3) is 5.91 Å². The number of benzene rings is 2. The number of aromatic nitrogens is 2. The number of rotatable bonds is 8. The summed E-state index contributed by atoms with van der Waals surface area (Å²) in [5.41, 5.74) is 2.50. The second-order valence-corrected chi connectivity index (χ2v) is 8.62. The van der Waals surface area contributed by atoms with Crippen LogP contribution in [0, 0.1) is 24.0 Å². The molecule has 9 heteroatoms. The predicted octanol–water partition coefficient (Wildman–Crippen LogP) is 4.54. The molecule has 0 aliphatic carbocycles. The van der Waals surface area contributed by atoms with Crippen LogP contribution in [0.4, 0.5) is 5.69 Å².